The Morgan fingerprint density at radius 2 is 2.10 bits per heavy atom. The molecule has 1 aromatic heterocycles. The van der Waals surface area contributed by atoms with Crippen LogP contribution >= 0.6 is 0 Å². The van der Waals surface area contributed by atoms with Crippen molar-refractivity contribution >= 4 is 15.8 Å². The van der Waals surface area contributed by atoms with E-state index in [0.717, 1.165) is 5.69 Å². The first-order chi connectivity index (χ1) is 9.08. The lowest BCUT2D eigenvalue weighted by molar-refractivity contribution is 0.163. The van der Waals surface area contributed by atoms with E-state index in [-0.39, 0.29) is 6.04 Å². The molecule has 0 radical (unpaired) electrons. The maximum absolute atomic E-state index is 11.7. The van der Waals surface area contributed by atoms with Crippen LogP contribution in [0.1, 0.15) is 32.5 Å². The van der Waals surface area contributed by atoms with Gasteiger partial charge in [0.05, 0.1) is 23.1 Å². The van der Waals surface area contributed by atoms with Gasteiger partial charge < -0.3 is 14.6 Å². The molecule has 1 N–H and O–H groups in total. The maximum Gasteiger partial charge on any atom is 0.203 e. The summed E-state index contributed by atoms with van der Waals surface area (Å²) in [5, 5.41) is 3.14. The minimum Gasteiger partial charge on any atom is -0.383 e. The number of methoxy groups -OCH3 is 1. The third kappa shape index (κ3) is 3.96. The predicted octanol–water partition coefficient (Wildman–Crippen LogP) is 1.63. The number of hydrogen-bond donors (Lipinski definition) is 1. The number of aromatic nitrogens is 2. The van der Waals surface area contributed by atoms with E-state index in [1.165, 1.54) is 6.26 Å². The summed E-state index contributed by atoms with van der Waals surface area (Å²) in [6.07, 6.45) is 3.18. The van der Waals surface area contributed by atoms with Crippen LogP contribution in [0.15, 0.2) is 6.20 Å². The number of ether oxygens (including phenoxy) is 1. The average Bonchev–Trinajstić information content (AvgIpc) is 2.67. The molecule has 20 heavy (non-hydrogen) atoms. The third-order valence-corrected chi connectivity index (χ3v) is 5.56. The molecular formula is C13H25N3O3S. The van der Waals surface area contributed by atoms with Crippen LogP contribution in [0, 0.1) is 6.92 Å². The van der Waals surface area contributed by atoms with Crippen LogP contribution in [-0.2, 0) is 14.6 Å². The number of nitrogens with one attached hydrogen (secondary N) is 1. The zero-order chi connectivity index (χ0) is 15.6. The molecule has 0 fully saturated rings. The first-order valence-corrected chi connectivity index (χ1v) is 8.45. The largest absolute Gasteiger partial charge is 0.383 e. The second-order valence-corrected chi connectivity index (χ2v) is 8.45. The molecule has 0 aliphatic rings. The van der Waals surface area contributed by atoms with Gasteiger partial charge in [0.2, 0.25) is 5.95 Å². The Kier molecular flexibility index (Phi) is 5.21. The molecule has 6 nitrogen and oxygen atoms in total. The van der Waals surface area contributed by atoms with Crippen molar-refractivity contribution < 1.29 is 13.2 Å². The summed E-state index contributed by atoms with van der Waals surface area (Å²) in [6, 6.07) is 0.130. The van der Waals surface area contributed by atoms with Gasteiger partial charge in [-0.25, -0.2) is 13.4 Å². The molecule has 1 aromatic rings. The van der Waals surface area contributed by atoms with Crippen molar-refractivity contribution in [3.05, 3.63) is 11.9 Å². The Morgan fingerprint density at radius 1 is 1.50 bits per heavy atom. The second-order valence-electron chi connectivity index (χ2n) is 5.80. The van der Waals surface area contributed by atoms with Crippen molar-refractivity contribution in [1.82, 2.24) is 9.55 Å². The zero-order valence-electron chi connectivity index (χ0n) is 13.1. The molecule has 7 heteroatoms. The number of aryl methyl sites for hydroxylation is 1. The number of hydrogen-bond acceptors (Lipinski definition) is 5. The number of nitrogens with zero attached hydrogens (tertiary/aromatic N) is 2. The molecule has 0 aromatic carbocycles. The van der Waals surface area contributed by atoms with Crippen molar-refractivity contribution in [2.75, 3.05) is 31.8 Å². The van der Waals surface area contributed by atoms with E-state index >= 15 is 0 Å². The summed E-state index contributed by atoms with van der Waals surface area (Å²) in [4.78, 5) is 4.40. The van der Waals surface area contributed by atoms with Crippen LogP contribution in [0.5, 0.6) is 0 Å². The molecule has 1 unspecified atom stereocenters. The zero-order valence-corrected chi connectivity index (χ0v) is 13.9. The molecule has 0 spiro atoms. The van der Waals surface area contributed by atoms with E-state index in [9.17, 15) is 8.42 Å². The molecule has 1 rings (SSSR count). The Labute approximate surface area is 121 Å². The summed E-state index contributed by atoms with van der Waals surface area (Å²) in [5.41, 5.74) is 0.882. The molecular weight excluding hydrogens is 278 g/mol. The van der Waals surface area contributed by atoms with E-state index in [4.69, 9.17) is 4.74 Å². The Balaban J connectivity index is 2.89. The van der Waals surface area contributed by atoms with Crippen molar-refractivity contribution in [3.8, 4) is 0 Å². The van der Waals surface area contributed by atoms with Gasteiger partial charge in [-0.2, -0.15) is 0 Å². The summed E-state index contributed by atoms with van der Waals surface area (Å²) >= 11 is 0. The number of imidazole rings is 1. The van der Waals surface area contributed by atoms with E-state index in [1.807, 2.05) is 24.6 Å². The number of anilines is 1. The lowest BCUT2D eigenvalue weighted by atomic mass is 10.2. The minimum absolute atomic E-state index is 0.130. The lowest BCUT2D eigenvalue weighted by Gasteiger charge is -2.24. The highest BCUT2D eigenvalue weighted by molar-refractivity contribution is 7.92. The van der Waals surface area contributed by atoms with Crippen molar-refractivity contribution in [1.29, 1.82) is 0 Å². The normalized spacial score (nSPS) is 14.3. The molecule has 0 bridgehead atoms. The van der Waals surface area contributed by atoms with E-state index in [1.54, 1.807) is 21.0 Å². The highest BCUT2D eigenvalue weighted by Crippen LogP contribution is 2.19. The van der Waals surface area contributed by atoms with E-state index in [2.05, 4.69) is 10.3 Å². The van der Waals surface area contributed by atoms with Crippen molar-refractivity contribution in [3.63, 3.8) is 0 Å². The quantitative estimate of drug-likeness (QED) is 0.829. The van der Waals surface area contributed by atoms with Gasteiger partial charge in [-0.15, -0.1) is 0 Å². The fourth-order valence-corrected chi connectivity index (χ4v) is 2.06. The first kappa shape index (κ1) is 17.0. The SMILES string of the molecule is COCC(C)n1cc(C)nc1NCC(C)(C)S(C)(=O)=O. The van der Waals surface area contributed by atoms with Crippen LogP contribution in [0.4, 0.5) is 5.95 Å². The average molecular weight is 303 g/mol. The van der Waals surface area contributed by atoms with Gasteiger partial charge in [0.25, 0.3) is 0 Å². The second kappa shape index (κ2) is 6.13. The molecule has 1 heterocycles. The standard InChI is InChI=1S/C13H25N3O3S/c1-10-7-16(11(2)8-19-5)12(15-10)14-9-13(3,4)20(6,17)18/h7,11H,8-9H2,1-6H3,(H,14,15). The van der Waals surface area contributed by atoms with Crippen LogP contribution in [0.3, 0.4) is 0 Å². The fraction of sp³-hybridized carbons (Fsp3) is 0.769. The van der Waals surface area contributed by atoms with E-state index in [0.29, 0.717) is 19.1 Å². The van der Waals surface area contributed by atoms with Gasteiger partial charge in [0.1, 0.15) is 0 Å². The van der Waals surface area contributed by atoms with E-state index < -0.39 is 14.6 Å². The molecule has 0 aliphatic carbocycles. The first-order valence-electron chi connectivity index (χ1n) is 6.56. The molecule has 0 aliphatic heterocycles. The van der Waals surface area contributed by atoms with Gasteiger partial charge in [-0.3, -0.25) is 0 Å². The predicted molar refractivity (Wildman–Crippen MR) is 81.0 cm³/mol. The van der Waals surface area contributed by atoms with Crippen LogP contribution in [0.2, 0.25) is 0 Å². The fourth-order valence-electron chi connectivity index (χ4n) is 1.73. The highest BCUT2D eigenvalue weighted by Gasteiger charge is 2.30. The van der Waals surface area contributed by atoms with Crippen LogP contribution < -0.4 is 5.32 Å². The molecule has 1 atom stereocenters. The smallest absolute Gasteiger partial charge is 0.203 e. The summed E-state index contributed by atoms with van der Waals surface area (Å²) < 4.78 is 29.7. The van der Waals surface area contributed by atoms with Crippen LogP contribution in [0.25, 0.3) is 0 Å². The Bertz CT molecular complexity index is 549. The van der Waals surface area contributed by atoms with Crippen LogP contribution in [-0.4, -0.2) is 49.2 Å². The summed E-state index contributed by atoms with van der Waals surface area (Å²) in [7, 11) is -1.48. The highest BCUT2D eigenvalue weighted by atomic mass is 32.2. The van der Waals surface area contributed by atoms with Gasteiger partial charge in [-0.05, 0) is 27.7 Å². The lowest BCUT2D eigenvalue weighted by Crippen LogP contribution is -2.38. The Hall–Kier alpha value is -1.08. The van der Waals surface area contributed by atoms with Gasteiger partial charge in [-0.1, -0.05) is 0 Å². The number of rotatable bonds is 7. The Morgan fingerprint density at radius 3 is 2.60 bits per heavy atom. The summed E-state index contributed by atoms with van der Waals surface area (Å²) in [6.45, 7) is 8.21. The van der Waals surface area contributed by atoms with Gasteiger partial charge in [0.15, 0.2) is 9.84 Å². The monoisotopic (exact) mass is 303 g/mol. The van der Waals surface area contributed by atoms with Gasteiger partial charge in [0, 0.05) is 26.1 Å². The summed E-state index contributed by atoms with van der Waals surface area (Å²) in [5.74, 6) is 0.670. The third-order valence-electron chi connectivity index (χ3n) is 3.41. The molecule has 0 saturated carbocycles. The molecule has 116 valence electrons. The molecule has 0 saturated heterocycles. The van der Waals surface area contributed by atoms with Crippen molar-refractivity contribution in [2.24, 2.45) is 0 Å². The van der Waals surface area contributed by atoms with Gasteiger partial charge >= 0.3 is 0 Å². The minimum atomic E-state index is -3.13. The number of sulfone groups is 1. The molecule has 0 amide bonds. The topological polar surface area (TPSA) is 73.2 Å². The van der Waals surface area contributed by atoms with Crippen molar-refractivity contribution in [2.45, 2.75) is 38.5 Å². The maximum atomic E-state index is 11.7.